The third-order valence-electron chi connectivity index (χ3n) is 2.52. The number of aromatic amines is 1. The maximum absolute atomic E-state index is 12.0. The van der Waals surface area contributed by atoms with Crippen molar-refractivity contribution in [1.29, 1.82) is 0 Å². The third-order valence-corrected chi connectivity index (χ3v) is 3.45. The number of carbonyl (C=O) groups excluding carboxylic acids is 1. The molecule has 0 fully saturated rings. The van der Waals surface area contributed by atoms with Crippen molar-refractivity contribution in [3.05, 3.63) is 50.6 Å². The first-order chi connectivity index (χ1) is 8.66. The van der Waals surface area contributed by atoms with Crippen molar-refractivity contribution < 1.29 is 4.79 Å². The Morgan fingerprint density at radius 1 is 1.44 bits per heavy atom. The highest BCUT2D eigenvalue weighted by Crippen LogP contribution is 2.09. The molecule has 0 saturated carbocycles. The highest BCUT2D eigenvalue weighted by atomic mass is 32.1. The number of thiophene rings is 1. The second kappa shape index (κ2) is 5.59. The zero-order valence-electron chi connectivity index (χ0n) is 9.92. The molecule has 0 radical (unpaired) electrons. The minimum Gasteiger partial charge on any atom is -0.340 e. The number of nitrogens with zero attached hydrogens (tertiary/aromatic N) is 2. The first kappa shape index (κ1) is 12.5. The van der Waals surface area contributed by atoms with Gasteiger partial charge in [-0.2, -0.15) is 5.10 Å². The molecule has 0 aliphatic heterocycles. The summed E-state index contributed by atoms with van der Waals surface area (Å²) >= 11 is 1.67. The number of hydrogen-bond acceptors (Lipinski definition) is 4. The molecule has 1 amide bonds. The lowest BCUT2D eigenvalue weighted by Gasteiger charge is -2.15. The molecule has 0 unspecified atom stereocenters. The first-order valence-electron chi connectivity index (χ1n) is 5.50. The molecule has 0 aliphatic carbocycles. The third kappa shape index (κ3) is 3.04. The van der Waals surface area contributed by atoms with Gasteiger partial charge >= 0.3 is 0 Å². The van der Waals surface area contributed by atoms with Crippen LogP contribution in [0, 0.1) is 0 Å². The van der Waals surface area contributed by atoms with E-state index >= 15 is 0 Å². The second-order valence-corrected chi connectivity index (χ2v) is 4.89. The lowest BCUT2D eigenvalue weighted by molar-refractivity contribution is 0.0790. The van der Waals surface area contributed by atoms with E-state index in [1.54, 1.807) is 23.3 Å². The van der Waals surface area contributed by atoms with Gasteiger partial charge in [0.1, 0.15) is 5.69 Å². The van der Waals surface area contributed by atoms with Gasteiger partial charge in [-0.3, -0.25) is 9.59 Å². The smallest absolute Gasteiger partial charge is 0.274 e. The fraction of sp³-hybridized carbons (Fsp3) is 0.250. The molecule has 2 aromatic heterocycles. The van der Waals surface area contributed by atoms with Gasteiger partial charge < -0.3 is 4.90 Å². The van der Waals surface area contributed by atoms with Crippen LogP contribution in [0.5, 0.6) is 0 Å². The lowest BCUT2D eigenvalue weighted by Crippen LogP contribution is -2.30. The summed E-state index contributed by atoms with van der Waals surface area (Å²) in [6.45, 7) is 0.625. The Labute approximate surface area is 108 Å². The van der Waals surface area contributed by atoms with E-state index < -0.39 is 0 Å². The molecule has 6 heteroatoms. The van der Waals surface area contributed by atoms with Crippen molar-refractivity contribution in [2.24, 2.45) is 0 Å². The average molecular weight is 263 g/mol. The predicted molar refractivity (Wildman–Crippen MR) is 69.8 cm³/mol. The van der Waals surface area contributed by atoms with Crippen LogP contribution in [0.3, 0.4) is 0 Å². The highest BCUT2D eigenvalue weighted by Gasteiger charge is 2.13. The van der Waals surface area contributed by atoms with Crippen LogP contribution in [-0.2, 0) is 6.42 Å². The van der Waals surface area contributed by atoms with Crippen molar-refractivity contribution in [3.8, 4) is 0 Å². The number of carbonyl (C=O) groups is 1. The van der Waals surface area contributed by atoms with Crippen molar-refractivity contribution in [1.82, 2.24) is 15.1 Å². The Morgan fingerprint density at radius 2 is 2.28 bits per heavy atom. The van der Waals surface area contributed by atoms with Crippen LogP contribution >= 0.6 is 11.3 Å². The minimum atomic E-state index is -0.312. The lowest BCUT2D eigenvalue weighted by atomic mass is 10.3. The first-order valence-corrected chi connectivity index (χ1v) is 6.38. The molecule has 0 aromatic carbocycles. The molecule has 0 bridgehead atoms. The second-order valence-electron chi connectivity index (χ2n) is 3.86. The SMILES string of the molecule is CN(CCc1cccs1)C(=O)c1ccc(=O)[nH]n1. The van der Waals surface area contributed by atoms with Crippen LogP contribution in [0.15, 0.2) is 34.4 Å². The molecule has 0 atom stereocenters. The van der Waals surface area contributed by atoms with Crippen molar-refractivity contribution in [3.63, 3.8) is 0 Å². The molecule has 2 rings (SSSR count). The Morgan fingerprint density at radius 3 is 2.89 bits per heavy atom. The number of aromatic nitrogens is 2. The predicted octanol–water partition coefficient (Wildman–Crippen LogP) is 1.15. The molecular formula is C12H13N3O2S. The summed E-state index contributed by atoms with van der Waals surface area (Å²) in [5.41, 5.74) is -0.0592. The maximum Gasteiger partial charge on any atom is 0.274 e. The van der Waals surface area contributed by atoms with E-state index in [1.807, 2.05) is 17.5 Å². The number of amides is 1. The minimum absolute atomic E-state index is 0.192. The van der Waals surface area contributed by atoms with Gasteiger partial charge in [0.25, 0.3) is 11.5 Å². The summed E-state index contributed by atoms with van der Waals surface area (Å²) in [6.07, 6.45) is 0.823. The normalized spacial score (nSPS) is 10.3. The summed E-state index contributed by atoms with van der Waals surface area (Å²) in [5.74, 6) is -0.192. The Kier molecular flexibility index (Phi) is 3.88. The van der Waals surface area contributed by atoms with Gasteiger partial charge in [0.15, 0.2) is 0 Å². The quantitative estimate of drug-likeness (QED) is 0.899. The van der Waals surface area contributed by atoms with Gasteiger partial charge in [0.05, 0.1) is 0 Å². The van der Waals surface area contributed by atoms with Crippen molar-refractivity contribution in [2.75, 3.05) is 13.6 Å². The molecule has 1 N–H and O–H groups in total. The maximum atomic E-state index is 12.0. The molecule has 2 heterocycles. The van der Waals surface area contributed by atoms with E-state index in [2.05, 4.69) is 10.2 Å². The summed E-state index contributed by atoms with van der Waals surface area (Å²) in [6, 6.07) is 6.77. The zero-order valence-corrected chi connectivity index (χ0v) is 10.7. The molecule has 0 aliphatic rings. The fourth-order valence-corrected chi connectivity index (χ4v) is 2.19. The van der Waals surface area contributed by atoms with Crippen LogP contribution in [0.1, 0.15) is 15.4 Å². The van der Waals surface area contributed by atoms with E-state index in [9.17, 15) is 9.59 Å². The van der Waals surface area contributed by atoms with Crippen molar-refractivity contribution in [2.45, 2.75) is 6.42 Å². The summed E-state index contributed by atoms with van der Waals surface area (Å²) in [5, 5.41) is 7.99. The van der Waals surface area contributed by atoms with Gasteiger partial charge in [-0.05, 0) is 23.9 Å². The van der Waals surface area contributed by atoms with E-state index in [-0.39, 0.29) is 17.2 Å². The molecule has 0 saturated heterocycles. The van der Waals surface area contributed by atoms with Gasteiger partial charge in [0, 0.05) is 24.5 Å². The van der Waals surface area contributed by atoms with Crippen LogP contribution in [0.4, 0.5) is 0 Å². The number of H-pyrrole nitrogens is 1. The molecule has 94 valence electrons. The van der Waals surface area contributed by atoms with Gasteiger partial charge in [0.2, 0.25) is 0 Å². The van der Waals surface area contributed by atoms with E-state index in [4.69, 9.17) is 0 Å². The standard InChI is InChI=1S/C12H13N3O2S/c1-15(7-6-9-3-2-8-18-9)12(17)10-4-5-11(16)14-13-10/h2-5,8H,6-7H2,1H3,(H,14,16). The monoisotopic (exact) mass is 263 g/mol. The number of likely N-dealkylation sites (N-methyl/N-ethyl adjacent to an activating group) is 1. The zero-order chi connectivity index (χ0) is 13.0. The molecular weight excluding hydrogens is 250 g/mol. The topological polar surface area (TPSA) is 66.1 Å². The van der Waals surface area contributed by atoms with Crippen LogP contribution in [-0.4, -0.2) is 34.6 Å². The van der Waals surface area contributed by atoms with E-state index in [1.165, 1.54) is 17.0 Å². The van der Waals surface area contributed by atoms with Gasteiger partial charge in [-0.25, -0.2) is 5.10 Å². The Balaban J connectivity index is 1.96. The van der Waals surface area contributed by atoms with Crippen LogP contribution in [0.25, 0.3) is 0 Å². The average Bonchev–Trinajstić information content (AvgIpc) is 2.89. The van der Waals surface area contributed by atoms with Gasteiger partial charge in [-0.1, -0.05) is 6.07 Å². The molecule has 18 heavy (non-hydrogen) atoms. The number of hydrogen-bond donors (Lipinski definition) is 1. The Bertz CT molecular complexity index is 557. The molecule has 0 spiro atoms. The largest absolute Gasteiger partial charge is 0.340 e. The summed E-state index contributed by atoms with van der Waals surface area (Å²) < 4.78 is 0. The number of rotatable bonds is 4. The summed E-state index contributed by atoms with van der Waals surface area (Å²) in [4.78, 5) is 25.7. The Hall–Kier alpha value is -1.95. The van der Waals surface area contributed by atoms with Crippen molar-refractivity contribution >= 4 is 17.2 Å². The number of nitrogens with one attached hydrogen (secondary N) is 1. The summed E-state index contributed by atoms with van der Waals surface area (Å²) in [7, 11) is 1.72. The van der Waals surface area contributed by atoms with Crippen LogP contribution in [0.2, 0.25) is 0 Å². The highest BCUT2D eigenvalue weighted by molar-refractivity contribution is 7.09. The molecule has 5 nitrogen and oxygen atoms in total. The van der Waals surface area contributed by atoms with Gasteiger partial charge in [-0.15, -0.1) is 11.3 Å². The van der Waals surface area contributed by atoms with E-state index in [0.717, 1.165) is 6.42 Å². The molecule has 2 aromatic rings. The van der Waals surface area contributed by atoms with Crippen LogP contribution < -0.4 is 5.56 Å². The fourth-order valence-electron chi connectivity index (χ4n) is 1.49. The van der Waals surface area contributed by atoms with E-state index in [0.29, 0.717) is 6.54 Å².